The summed E-state index contributed by atoms with van der Waals surface area (Å²) in [6.07, 6.45) is 0. The molecule has 0 unspecified atom stereocenters. The summed E-state index contributed by atoms with van der Waals surface area (Å²) in [5.74, 6) is -0.758. The van der Waals surface area contributed by atoms with Crippen molar-refractivity contribution in [1.29, 1.82) is 0 Å². The number of thioether (sulfide) groups is 1. The highest BCUT2D eigenvalue weighted by atomic mass is 32.2. The number of para-hydroxylation sites is 1. The number of ether oxygens (including phenoxy) is 1. The van der Waals surface area contributed by atoms with Crippen LogP contribution in [0.1, 0.15) is 21.6 Å². The molecule has 2 heterocycles. The molecule has 2 amide bonds. The summed E-state index contributed by atoms with van der Waals surface area (Å²) in [6, 6.07) is 7.54. The minimum absolute atomic E-state index is 0.0644. The standard InChI is InChI=1S/C19H19N3O4S2/c1-11-13-5-3-4-6-14(13)21-12(2)17(11)18(25)26-9-15(23)20-7-8-22-16(24)10-28-19(22)27/h3-6H,7-10H2,1-2H3,(H,20,23). The fourth-order valence-electron chi connectivity index (χ4n) is 2.99. The normalized spacial score (nSPS) is 13.9. The van der Waals surface area contributed by atoms with Crippen LogP contribution in [0.4, 0.5) is 0 Å². The molecular weight excluding hydrogens is 398 g/mol. The van der Waals surface area contributed by atoms with Crippen molar-refractivity contribution in [1.82, 2.24) is 15.2 Å². The van der Waals surface area contributed by atoms with Gasteiger partial charge in [0.1, 0.15) is 4.32 Å². The number of nitrogens with zero attached hydrogens (tertiary/aromatic N) is 2. The Morgan fingerprint density at radius 1 is 1.32 bits per heavy atom. The van der Waals surface area contributed by atoms with Crippen LogP contribution in [0, 0.1) is 13.8 Å². The second-order valence-electron chi connectivity index (χ2n) is 6.24. The van der Waals surface area contributed by atoms with E-state index in [0.29, 0.717) is 27.9 Å². The lowest BCUT2D eigenvalue weighted by Gasteiger charge is -2.15. The molecule has 0 atom stereocenters. The van der Waals surface area contributed by atoms with E-state index in [-0.39, 0.29) is 12.5 Å². The van der Waals surface area contributed by atoms with Gasteiger partial charge in [-0.25, -0.2) is 4.79 Å². The summed E-state index contributed by atoms with van der Waals surface area (Å²) in [7, 11) is 0. The number of esters is 1. The number of nitrogens with one attached hydrogen (secondary N) is 1. The Hall–Kier alpha value is -2.52. The third kappa shape index (κ3) is 4.31. The molecule has 1 aliphatic rings. The lowest BCUT2D eigenvalue weighted by atomic mass is 10.0. The molecule has 1 N–H and O–H groups in total. The van der Waals surface area contributed by atoms with Crippen LogP contribution in [0.5, 0.6) is 0 Å². The van der Waals surface area contributed by atoms with Crippen molar-refractivity contribution >= 4 is 57.0 Å². The first kappa shape index (κ1) is 20.2. The van der Waals surface area contributed by atoms with Crippen molar-refractivity contribution in [2.45, 2.75) is 13.8 Å². The predicted molar refractivity (Wildman–Crippen MR) is 111 cm³/mol. The van der Waals surface area contributed by atoms with E-state index in [2.05, 4.69) is 10.3 Å². The van der Waals surface area contributed by atoms with Gasteiger partial charge < -0.3 is 10.1 Å². The van der Waals surface area contributed by atoms with E-state index < -0.39 is 18.5 Å². The van der Waals surface area contributed by atoms with Crippen LogP contribution in [0.2, 0.25) is 0 Å². The van der Waals surface area contributed by atoms with Crippen molar-refractivity contribution in [3.05, 3.63) is 41.1 Å². The zero-order chi connectivity index (χ0) is 20.3. The number of thiocarbonyl (C=S) groups is 1. The molecule has 1 fully saturated rings. The number of aryl methyl sites for hydroxylation is 2. The van der Waals surface area contributed by atoms with Crippen LogP contribution >= 0.6 is 24.0 Å². The van der Waals surface area contributed by atoms with E-state index in [1.807, 2.05) is 31.2 Å². The van der Waals surface area contributed by atoms with Gasteiger partial charge in [0.05, 0.1) is 22.5 Å². The second kappa shape index (κ2) is 8.66. The van der Waals surface area contributed by atoms with Crippen molar-refractivity contribution in [3.8, 4) is 0 Å². The average molecular weight is 418 g/mol. The van der Waals surface area contributed by atoms with Crippen molar-refractivity contribution in [2.24, 2.45) is 0 Å². The highest BCUT2D eigenvalue weighted by Crippen LogP contribution is 2.23. The lowest BCUT2D eigenvalue weighted by Crippen LogP contribution is -2.38. The van der Waals surface area contributed by atoms with Gasteiger partial charge in [-0.15, -0.1) is 0 Å². The van der Waals surface area contributed by atoms with Crippen LogP contribution in [0.3, 0.4) is 0 Å². The molecule has 0 bridgehead atoms. The smallest absolute Gasteiger partial charge is 0.340 e. The Bertz CT molecular complexity index is 961. The number of pyridine rings is 1. The third-order valence-electron chi connectivity index (χ3n) is 4.37. The van der Waals surface area contributed by atoms with E-state index in [1.54, 1.807) is 6.92 Å². The highest BCUT2D eigenvalue weighted by Gasteiger charge is 2.26. The van der Waals surface area contributed by atoms with Crippen LogP contribution < -0.4 is 5.32 Å². The molecule has 3 rings (SSSR count). The number of carbonyl (C=O) groups excluding carboxylic acids is 3. The van der Waals surface area contributed by atoms with Crippen LogP contribution in [-0.2, 0) is 14.3 Å². The summed E-state index contributed by atoms with van der Waals surface area (Å²) in [5, 5.41) is 3.49. The summed E-state index contributed by atoms with van der Waals surface area (Å²) in [5.41, 5.74) is 2.50. The monoisotopic (exact) mass is 417 g/mol. The first-order valence-corrected chi connectivity index (χ1v) is 10.0. The Balaban J connectivity index is 1.55. The largest absolute Gasteiger partial charge is 0.452 e. The first-order valence-electron chi connectivity index (χ1n) is 8.65. The van der Waals surface area contributed by atoms with Gasteiger partial charge >= 0.3 is 5.97 Å². The lowest BCUT2D eigenvalue weighted by molar-refractivity contribution is -0.126. The Kier molecular flexibility index (Phi) is 6.25. The average Bonchev–Trinajstić information content (AvgIpc) is 2.98. The molecule has 0 aliphatic carbocycles. The third-order valence-corrected chi connectivity index (χ3v) is 5.80. The summed E-state index contributed by atoms with van der Waals surface area (Å²) in [4.78, 5) is 42.0. The molecule has 7 nitrogen and oxygen atoms in total. The zero-order valence-electron chi connectivity index (χ0n) is 15.5. The molecule has 0 spiro atoms. The molecule has 0 saturated carbocycles. The van der Waals surface area contributed by atoms with Gasteiger partial charge in [0, 0.05) is 18.5 Å². The van der Waals surface area contributed by atoms with Crippen LogP contribution in [0.15, 0.2) is 24.3 Å². The van der Waals surface area contributed by atoms with E-state index in [1.165, 1.54) is 16.7 Å². The summed E-state index contributed by atoms with van der Waals surface area (Å²) in [6.45, 7) is 3.71. The molecule has 1 aromatic carbocycles. The van der Waals surface area contributed by atoms with Crippen molar-refractivity contribution < 1.29 is 19.1 Å². The number of fused-ring (bicyclic) bond motifs is 1. The molecule has 9 heteroatoms. The number of carbonyl (C=O) groups is 3. The van der Waals surface area contributed by atoms with Crippen LogP contribution in [-0.4, -0.2) is 57.4 Å². The number of hydrogen-bond acceptors (Lipinski definition) is 7. The van der Waals surface area contributed by atoms with E-state index in [4.69, 9.17) is 17.0 Å². The molecule has 1 aliphatic heterocycles. The molecule has 2 aromatic rings. The van der Waals surface area contributed by atoms with Gasteiger partial charge in [-0.3, -0.25) is 19.5 Å². The Morgan fingerprint density at radius 2 is 2.07 bits per heavy atom. The maximum Gasteiger partial charge on any atom is 0.340 e. The predicted octanol–water partition coefficient (Wildman–Crippen LogP) is 1.98. The van der Waals surface area contributed by atoms with Crippen molar-refractivity contribution in [2.75, 3.05) is 25.4 Å². The number of hydrogen-bond donors (Lipinski definition) is 1. The zero-order valence-corrected chi connectivity index (χ0v) is 17.1. The number of rotatable bonds is 6. The van der Waals surface area contributed by atoms with Crippen LogP contribution in [0.25, 0.3) is 10.9 Å². The molecule has 1 saturated heterocycles. The van der Waals surface area contributed by atoms with Gasteiger partial charge in [-0.2, -0.15) is 0 Å². The topological polar surface area (TPSA) is 88.6 Å². The Labute approximate surface area is 171 Å². The summed E-state index contributed by atoms with van der Waals surface area (Å²) < 4.78 is 5.68. The first-order chi connectivity index (χ1) is 13.4. The molecular formula is C19H19N3O4S2. The molecule has 0 radical (unpaired) electrons. The Morgan fingerprint density at radius 3 is 2.79 bits per heavy atom. The van der Waals surface area contributed by atoms with Gasteiger partial charge in [0.25, 0.3) is 5.91 Å². The number of aromatic nitrogens is 1. The minimum atomic E-state index is -0.587. The quantitative estimate of drug-likeness (QED) is 0.568. The molecule has 1 aromatic heterocycles. The van der Waals surface area contributed by atoms with E-state index in [9.17, 15) is 14.4 Å². The molecule has 146 valence electrons. The SMILES string of the molecule is Cc1nc2ccccc2c(C)c1C(=O)OCC(=O)NCCN1C(=O)CSC1=S. The minimum Gasteiger partial charge on any atom is -0.452 e. The van der Waals surface area contributed by atoms with E-state index in [0.717, 1.165) is 16.5 Å². The van der Waals surface area contributed by atoms with E-state index >= 15 is 0 Å². The van der Waals surface area contributed by atoms with Gasteiger partial charge in [0.15, 0.2) is 6.61 Å². The van der Waals surface area contributed by atoms with Gasteiger partial charge in [-0.05, 0) is 25.5 Å². The van der Waals surface area contributed by atoms with Gasteiger partial charge in [-0.1, -0.05) is 42.2 Å². The number of benzene rings is 1. The maximum atomic E-state index is 12.5. The summed E-state index contributed by atoms with van der Waals surface area (Å²) >= 11 is 6.38. The number of amides is 2. The molecule has 28 heavy (non-hydrogen) atoms. The van der Waals surface area contributed by atoms with Crippen molar-refractivity contribution in [3.63, 3.8) is 0 Å². The van der Waals surface area contributed by atoms with Gasteiger partial charge in [0.2, 0.25) is 5.91 Å². The highest BCUT2D eigenvalue weighted by molar-refractivity contribution is 8.23. The second-order valence-corrected chi connectivity index (χ2v) is 7.85. The fraction of sp³-hybridized carbons (Fsp3) is 0.316. The maximum absolute atomic E-state index is 12.5. The fourth-order valence-corrected chi connectivity index (χ4v) is 4.11.